The predicted molar refractivity (Wildman–Crippen MR) is 60.2 cm³/mol. The SMILES string of the molecule is [C-]#[N+]CCCOCC(CC)CCCC. The van der Waals surface area contributed by atoms with Crippen LogP contribution in [0.15, 0.2) is 0 Å². The molecule has 14 heavy (non-hydrogen) atoms. The van der Waals surface area contributed by atoms with Gasteiger partial charge in [0.2, 0.25) is 6.54 Å². The van der Waals surface area contributed by atoms with Gasteiger partial charge in [-0.15, -0.1) is 0 Å². The van der Waals surface area contributed by atoms with Gasteiger partial charge in [0, 0.05) is 13.0 Å². The second-order valence-corrected chi connectivity index (χ2v) is 3.73. The normalized spacial score (nSPS) is 12.4. The van der Waals surface area contributed by atoms with Gasteiger partial charge in [0.1, 0.15) is 0 Å². The van der Waals surface area contributed by atoms with E-state index < -0.39 is 0 Å². The van der Waals surface area contributed by atoms with Crippen LogP contribution in [0.3, 0.4) is 0 Å². The van der Waals surface area contributed by atoms with Crippen molar-refractivity contribution in [3.05, 3.63) is 11.4 Å². The van der Waals surface area contributed by atoms with Crippen LogP contribution in [0.2, 0.25) is 0 Å². The van der Waals surface area contributed by atoms with E-state index in [-0.39, 0.29) is 0 Å². The zero-order valence-corrected chi connectivity index (χ0v) is 9.59. The van der Waals surface area contributed by atoms with E-state index >= 15 is 0 Å². The Morgan fingerprint density at radius 1 is 1.29 bits per heavy atom. The van der Waals surface area contributed by atoms with Crippen LogP contribution in [-0.4, -0.2) is 19.8 Å². The van der Waals surface area contributed by atoms with Crippen molar-refractivity contribution in [3.63, 3.8) is 0 Å². The van der Waals surface area contributed by atoms with E-state index in [1.807, 2.05) is 0 Å². The standard InChI is InChI=1S/C12H23NO/c1-4-6-8-12(5-2)11-14-10-7-9-13-3/h12H,4-11H2,1-2H3. The Kier molecular flexibility index (Phi) is 10.1. The van der Waals surface area contributed by atoms with Gasteiger partial charge in [0.05, 0.1) is 6.61 Å². The molecule has 0 N–H and O–H groups in total. The molecule has 0 rings (SSSR count). The van der Waals surface area contributed by atoms with Crippen molar-refractivity contribution in [2.75, 3.05) is 19.8 Å². The lowest BCUT2D eigenvalue weighted by Crippen LogP contribution is -2.09. The summed E-state index contributed by atoms with van der Waals surface area (Å²) < 4.78 is 5.54. The fourth-order valence-electron chi connectivity index (χ4n) is 1.39. The first-order valence-corrected chi connectivity index (χ1v) is 5.76. The molecule has 1 unspecified atom stereocenters. The lowest BCUT2D eigenvalue weighted by molar-refractivity contribution is 0.0941. The van der Waals surface area contributed by atoms with E-state index in [2.05, 4.69) is 18.7 Å². The lowest BCUT2D eigenvalue weighted by atomic mass is 10.0. The topological polar surface area (TPSA) is 13.6 Å². The molecule has 0 aromatic carbocycles. The van der Waals surface area contributed by atoms with E-state index in [9.17, 15) is 0 Å². The Morgan fingerprint density at radius 2 is 2.07 bits per heavy atom. The minimum atomic E-state index is 0.603. The summed E-state index contributed by atoms with van der Waals surface area (Å²) in [7, 11) is 0. The van der Waals surface area contributed by atoms with Gasteiger partial charge in [-0.25, -0.2) is 6.57 Å². The molecule has 82 valence electrons. The Morgan fingerprint density at radius 3 is 2.64 bits per heavy atom. The van der Waals surface area contributed by atoms with Crippen LogP contribution in [0.25, 0.3) is 4.85 Å². The third-order valence-electron chi connectivity index (χ3n) is 2.46. The fraction of sp³-hybridized carbons (Fsp3) is 0.917. The van der Waals surface area contributed by atoms with Gasteiger partial charge in [-0.3, -0.25) is 0 Å². The van der Waals surface area contributed by atoms with E-state index in [0.29, 0.717) is 6.54 Å². The predicted octanol–water partition coefficient (Wildman–Crippen LogP) is 3.53. The smallest absolute Gasteiger partial charge is 0.216 e. The Hall–Kier alpha value is -0.550. The average Bonchev–Trinajstić information content (AvgIpc) is 2.22. The van der Waals surface area contributed by atoms with E-state index in [1.54, 1.807) is 0 Å². The number of nitrogens with zero attached hydrogens (tertiary/aromatic N) is 1. The van der Waals surface area contributed by atoms with Gasteiger partial charge in [0.25, 0.3) is 0 Å². The van der Waals surface area contributed by atoms with Crippen LogP contribution >= 0.6 is 0 Å². The van der Waals surface area contributed by atoms with Crippen molar-refractivity contribution in [2.45, 2.75) is 46.0 Å². The van der Waals surface area contributed by atoms with E-state index in [0.717, 1.165) is 25.6 Å². The maximum atomic E-state index is 6.62. The van der Waals surface area contributed by atoms with Crippen LogP contribution in [-0.2, 0) is 4.74 Å². The highest BCUT2D eigenvalue weighted by atomic mass is 16.5. The van der Waals surface area contributed by atoms with Crippen LogP contribution in [0, 0.1) is 12.5 Å². The molecule has 0 aliphatic carbocycles. The van der Waals surface area contributed by atoms with Gasteiger partial charge in [-0.1, -0.05) is 33.1 Å². The van der Waals surface area contributed by atoms with Crippen LogP contribution in [0.1, 0.15) is 46.0 Å². The molecular formula is C12H23NO. The number of ether oxygens (including phenoxy) is 1. The van der Waals surface area contributed by atoms with Gasteiger partial charge in [-0.2, -0.15) is 0 Å². The van der Waals surface area contributed by atoms with Crippen molar-refractivity contribution < 1.29 is 4.74 Å². The molecule has 0 aromatic rings. The second kappa shape index (κ2) is 10.5. The summed E-state index contributed by atoms with van der Waals surface area (Å²) in [6, 6.07) is 0. The molecule has 0 radical (unpaired) electrons. The fourth-order valence-corrected chi connectivity index (χ4v) is 1.39. The van der Waals surface area contributed by atoms with Crippen LogP contribution in [0.4, 0.5) is 0 Å². The number of rotatable bonds is 9. The van der Waals surface area contributed by atoms with Gasteiger partial charge in [-0.05, 0) is 12.3 Å². The first kappa shape index (κ1) is 13.4. The molecule has 0 saturated carbocycles. The maximum absolute atomic E-state index is 6.62. The summed E-state index contributed by atoms with van der Waals surface area (Å²) in [5, 5.41) is 0. The highest BCUT2D eigenvalue weighted by molar-refractivity contribution is 4.59. The highest BCUT2D eigenvalue weighted by Crippen LogP contribution is 2.12. The molecular weight excluding hydrogens is 174 g/mol. The monoisotopic (exact) mass is 197 g/mol. The summed E-state index contributed by atoms with van der Waals surface area (Å²) in [5.74, 6) is 0.725. The van der Waals surface area contributed by atoms with Gasteiger partial charge in [0.15, 0.2) is 0 Å². The Balaban J connectivity index is 3.29. The molecule has 0 aliphatic heterocycles. The maximum Gasteiger partial charge on any atom is 0.216 e. The number of hydrogen-bond donors (Lipinski definition) is 0. The average molecular weight is 197 g/mol. The third-order valence-corrected chi connectivity index (χ3v) is 2.46. The van der Waals surface area contributed by atoms with E-state index in [1.165, 1.54) is 25.7 Å². The number of unbranched alkanes of at least 4 members (excludes halogenated alkanes) is 1. The molecule has 0 heterocycles. The molecule has 0 aromatic heterocycles. The molecule has 0 amide bonds. The zero-order chi connectivity index (χ0) is 10.6. The highest BCUT2D eigenvalue weighted by Gasteiger charge is 2.05. The molecule has 0 bridgehead atoms. The van der Waals surface area contributed by atoms with Gasteiger partial charge < -0.3 is 9.58 Å². The molecule has 0 saturated heterocycles. The molecule has 0 spiro atoms. The number of hydrogen-bond acceptors (Lipinski definition) is 1. The van der Waals surface area contributed by atoms with Crippen molar-refractivity contribution in [2.24, 2.45) is 5.92 Å². The summed E-state index contributed by atoms with van der Waals surface area (Å²) in [6.45, 7) is 13.3. The first-order chi connectivity index (χ1) is 6.85. The summed E-state index contributed by atoms with van der Waals surface area (Å²) >= 11 is 0. The Bertz CT molecular complexity index is 151. The molecule has 0 aliphatic rings. The minimum absolute atomic E-state index is 0.603. The molecule has 1 atom stereocenters. The summed E-state index contributed by atoms with van der Waals surface area (Å²) in [6.07, 6.45) is 5.96. The molecule has 2 nitrogen and oxygen atoms in total. The summed E-state index contributed by atoms with van der Waals surface area (Å²) in [5.41, 5.74) is 0. The molecule has 2 heteroatoms. The largest absolute Gasteiger partial charge is 0.381 e. The van der Waals surface area contributed by atoms with Crippen molar-refractivity contribution in [1.82, 2.24) is 0 Å². The zero-order valence-electron chi connectivity index (χ0n) is 9.59. The second-order valence-electron chi connectivity index (χ2n) is 3.73. The van der Waals surface area contributed by atoms with Crippen molar-refractivity contribution in [3.8, 4) is 0 Å². The van der Waals surface area contributed by atoms with Crippen molar-refractivity contribution >= 4 is 0 Å². The van der Waals surface area contributed by atoms with Crippen LogP contribution < -0.4 is 0 Å². The quantitative estimate of drug-likeness (QED) is 0.407. The lowest BCUT2D eigenvalue weighted by Gasteiger charge is -2.13. The minimum Gasteiger partial charge on any atom is -0.381 e. The third kappa shape index (κ3) is 8.07. The Labute approximate surface area is 88.5 Å². The molecule has 0 fully saturated rings. The van der Waals surface area contributed by atoms with Crippen LogP contribution in [0.5, 0.6) is 0 Å². The summed E-state index contributed by atoms with van der Waals surface area (Å²) in [4.78, 5) is 3.29. The van der Waals surface area contributed by atoms with E-state index in [4.69, 9.17) is 11.3 Å². The van der Waals surface area contributed by atoms with Gasteiger partial charge >= 0.3 is 0 Å². The van der Waals surface area contributed by atoms with Crippen molar-refractivity contribution in [1.29, 1.82) is 0 Å². The first-order valence-electron chi connectivity index (χ1n) is 5.76.